The molecule has 0 bridgehead atoms. The van der Waals surface area contributed by atoms with Crippen molar-refractivity contribution in [3.63, 3.8) is 0 Å². The minimum atomic E-state index is 0.131. The maximum Gasteiger partial charge on any atom is 0.0615 e. The maximum atomic E-state index is 8.91. The number of aliphatic hydroxyl groups is 1. The first kappa shape index (κ1) is 16.9. The van der Waals surface area contributed by atoms with Crippen LogP contribution in [-0.4, -0.2) is 11.7 Å². The Labute approximate surface area is 113 Å². The zero-order valence-electron chi connectivity index (χ0n) is 12.2. The molecule has 102 valence electrons. The molecule has 0 aromatic rings. The molecule has 0 aliphatic carbocycles. The summed E-state index contributed by atoms with van der Waals surface area (Å²) < 4.78 is 0. The first-order chi connectivity index (χ1) is 8.60. The van der Waals surface area contributed by atoms with E-state index in [2.05, 4.69) is 39.5 Å². The molecule has 0 spiro atoms. The molecule has 0 amide bonds. The smallest absolute Gasteiger partial charge is 0.0615 e. The van der Waals surface area contributed by atoms with Gasteiger partial charge in [-0.2, -0.15) is 0 Å². The van der Waals surface area contributed by atoms with Crippen molar-refractivity contribution in [2.75, 3.05) is 6.61 Å². The Balaban J connectivity index is 4.01. The molecule has 0 aliphatic heterocycles. The molecular formula is C17H28O. The fourth-order valence-electron chi connectivity index (χ4n) is 1.80. The summed E-state index contributed by atoms with van der Waals surface area (Å²) in [6.45, 7) is 10.3. The van der Waals surface area contributed by atoms with Gasteiger partial charge in [-0.25, -0.2) is 0 Å². The number of hydrogen-bond acceptors (Lipinski definition) is 1. The summed E-state index contributed by atoms with van der Waals surface area (Å²) in [7, 11) is 0. The molecule has 0 aromatic heterocycles. The maximum absolute atomic E-state index is 8.91. The molecule has 0 atom stereocenters. The van der Waals surface area contributed by atoms with Gasteiger partial charge in [0, 0.05) is 0 Å². The van der Waals surface area contributed by atoms with Crippen LogP contribution in [0.15, 0.2) is 47.6 Å². The number of allylic oxidation sites excluding steroid dienone is 6. The quantitative estimate of drug-likeness (QED) is 0.572. The lowest BCUT2D eigenvalue weighted by Crippen LogP contribution is -1.86. The molecule has 0 saturated heterocycles. The second-order valence-electron chi connectivity index (χ2n) is 4.95. The highest BCUT2D eigenvalue weighted by Gasteiger charge is 1.94. The largest absolute Gasteiger partial charge is 0.392 e. The second-order valence-corrected chi connectivity index (χ2v) is 4.95. The van der Waals surface area contributed by atoms with Crippen LogP contribution in [-0.2, 0) is 0 Å². The standard InChI is InChI=1S/C17H28O/c1-5-8-17(13-14-18)12-7-11-16(4)10-6-9-15(2)3/h5,9,11,13,18H,1,6-8,10,12,14H2,2-4H3/b16-11-,17-13-. The van der Waals surface area contributed by atoms with Gasteiger partial charge < -0.3 is 5.11 Å². The number of aliphatic hydroxyl groups excluding tert-OH is 1. The van der Waals surface area contributed by atoms with Gasteiger partial charge >= 0.3 is 0 Å². The van der Waals surface area contributed by atoms with E-state index < -0.39 is 0 Å². The monoisotopic (exact) mass is 248 g/mol. The molecular weight excluding hydrogens is 220 g/mol. The highest BCUT2D eigenvalue weighted by molar-refractivity contribution is 5.09. The summed E-state index contributed by atoms with van der Waals surface area (Å²) in [4.78, 5) is 0. The van der Waals surface area contributed by atoms with E-state index in [1.807, 2.05) is 12.2 Å². The van der Waals surface area contributed by atoms with Crippen LogP contribution in [0.5, 0.6) is 0 Å². The molecule has 0 unspecified atom stereocenters. The van der Waals surface area contributed by atoms with Gasteiger partial charge in [0.1, 0.15) is 0 Å². The first-order valence-corrected chi connectivity index (χ1v) is 6.78. The second kappa shape index (κ2) is 11.0. The van der Waals surface area contributed by atoms with Crippen LogP contribution in [0.2, 0.25) is 0 Å². The first-order valence-electron chi connectivity index (χ1n) is 6.78. The van der Waals surface area contributed by atoms with Gasteiger partial charge in [0.15, 0.2) is 0 Å². The van der Waals surface area contributed by atoms with E-state index in [9.17, 15) is 0 Å². The van der Waals surface area contributed by atoms with Crippen molar-refractivity contribution in [2.24, 2.45) is 0 Å². The summed E-state index contributed by atoms with van der Waals surface area (Å²) in [6.07, 6.45) is 13.6. The van der Waals surface area contributed by atoms with E-state index in [1.165, 1.54) is 16.7 Å². The molecule has 1 N–H and O–H groups in total. The third kappa shape index (κ3) is 10.1. The van der Waals surface area contributed by atoms with Crippen molar-refractivity contribution in [1.29, 1.82) is 0 Å². The van der Waals surface area contributed by atoms with Crippen LogP contribution in [0.1, 0.15) is 52.9 Å². The predicted octanol–water partition coefficient (Wildman–Crippen LogP) is 4.95. The molecule has 0 aliphatic rings. The normalized spacial score (nSPS) is 12.4. The fraction of sp³-hybridized carbons (Fsp3) is 0.529. The Morgan fingerprint density at radius 1 is 1.00 bits per heavy atom. The van der Waals surface area contributed by atoms with Gasteiger partial charge in [-0.05, 0) is 52.9 Å². The van der Waals surface area contributed by atoms with Gasteiger partial charge in [-0.3, -0.25) is 0 Å². The average molecular weight is 248 g/mol. The lowest BCUT2D eigenvalue weighted by molar-refractivity contribution is 0.341. The Bertz CT molecular complexity index is 315. The minimum Gasteiger partial charge on any atom is -0.392 e. The molecule has 0 saturated carbocycles. The predicted molar refractivity (Wildman–Crippen MR) is 81.6 cm³/mol. The van der Waals surface area contributed by atoms with E-state index in [0.29, 0.717) is 0 Å². The Hall–Kier alpha value is -1.08. The molecule has 0 aromatic carbocycles. The fourth-order valence-corrected chi connectivity index (χ4v) is 1.80. The van der Waals surface area contributed by atoms with E-state index in [-0.39, 0.29) is 6.61 Å². The van der Waals surface area contributed by atoms with Crippen molar-refractivity contribution in [2.45, 2.75) is 52.9 Å². The zero-order valence-corrected chi connectivity index (χ0v) is 12.2. The van der Waals surface area contributed by atoms with Crippen LogP contribution >= 0.6 is 0 Å². The van der Waals surface area contributed by atoms with E-state index in [1.54, 1.807) is 0 Å². The third-order valence-corrected chi connectivity index (χ3v) is 2.84. The van der Waals surface area contributed by atoms with Crippen LogP contribution in [0.25, 0.3) is 0 Å². The average Bonchev–Trinajstić information content (AvgIpc) is 2.29. The van der Waals surface area contributed by atoms with Gasteiger partial charge in [0.25, 0.3) is 0 Å². The Morgan fingerprint density at radius 2 is 1.67 bits per heavy atom. The van der Waals surface area contributed by atoms with Gasteiger partial charge in [0.2, 0.25) is 0 Å². The van der Waals surface area contributed by atoms with Gasteiger partial charge in [0.05, 0.1) is 6.61 Å². The summed E-state index contributed by atoms with van der Waals surface area (Å²) in [6, 6.07) is 0. The van der Waals surface area contributed by atoms with Gasteiger partial charge in [-0.15, -0.1) is 6.58 Å². The van der Waals surface area contributed by atoms with Crippen LogP contribution < -0.4 is 0 Å². The lowest BCUT2D eigenvalue weighted by atomic mass is 10.0. The van der Waals surface area contributed by atoms with Crippen molar-refractivity contribution in [1.82, 2.24) is 0 Å². The summed E-state index contributed by atoms with van der Waals surface area (Å²) >= 11 is 0. The summed E-state index contributed by atoms with van der Waals surface area (Å²) in [5.74, 6) is 0. The molecule has 18 heavy (non-hydrogen) atoms. The molecule has 1 nitrogen and oxygen atoms in total. The van der Waals surface area contributed by atoms with Crippen LogP contribution in [0, 0.1) is 0 Å². The molecule has 0 heterocycles. The lowest BCUT2D eigenvalue weighted by Gasteiger charge is -2.03. The van der Waals surface area contributed by atoms with Crippen molar-refractivity contribution in [3.05, 3.63) is 47.6 Å². The minimum absolute atomic E-state index is 0.131. The molecule has 0 fully saturated rings. The molecule has 1 heteroatoms. The van der Waals surface area contributed by atoms with Crippen LogP contribution in [0.4, 0.5) is 0 Å². The SMILES string of the molecule is C=CC/C(=C/CO)CC/C=C(/C)CCC=C(C)C. The van der Waals surface area contributed by atoms with Crippen molar-refractivity contribution in [3.8, 4) is 0 Å². The Morgan fingerprint density at radius 3 is 2.22 bits per heavy atom. The number of hydrogen-bond donors (Lipinski definition) is 1. The van der Waals surface area contributed by atoms with E-state index in [0.717, 1.165) is 32.1 Å². The van der Waals surface area contributed by atoms with E-state index >= 15 is 0 Å². The highest BCUT2D eigenvalue weighted by atomic mass is 16.2. The van der Waals surface area contributed by atoms with E-state index in [4.69, 9.17) is 5.11 Å². The van der Waals surface area contributed by atoms with Crippen LogP contribution in [0.3, 0.4) is 0 Å². The topological polar surface area (TPSA) is 20.2 Å². The third-order valence-electron chi connectivity index (χ3n) is 2.84. The molecule has 0 rings (SSSR count). The van der Waals surface area contributed by atoms with Crippen molar-refractivity contribution >= 4 is 0 Å². The summed E-state index contributed by atoms with van der Waals surface area (Å²) in [5, 5.41) is 8.91. The summed E-state index contributed by atoms with van der Waals surface area (Å²) in [5.41, 5.74) is 4.12. The number of rotatable bonds is 9. The highest BCUT2D eigenvalue weighted by Crippen LogP contribution is 2.14. The zero-order chi connectivity index (χ0) is 13.8. The molecule has 0 radical (unpaired) electrons. The Kier molecular flexibility index (Phi) is 10.4. The van der Waals surface area contributed by atoms with Crippen molar-refractivity contribution < 1.29 is 5.11 Å². The van der Waals surface area contributed by atoms with Gasteiger partial charge in [-0.1, -0.05) is 41.0 Å².